The van der Waals surface area contributed by atoms with E-state index in [1.807, 2.05) is 0 Å². The van der Waals surface area contributed by atoms with Crippen LogP contribution < -0.4 is 5.32 Å². The molecule has 1 aliphatic heterocycles. The minimum atomic E-state index is -0.573. The number of ether oxygens (including phenoxy) is 1. The number of nitro groups is 1. The first-order valence-corrected chi connectivity index (χ1v) is 7.79. The Hall–Kier alpha value is -2.45. The molecule has 3 rings (SSSR count). The van der Waals surface area contributed by atoms with Gasteiger partial charge < -0.3 is 10.1 Å². The van der Waals surface area contributed by atoms with E-state index in [1.165, 1.54) is 12.1 Å². The molecule has 126 valence electrons. The van der Waals surface area contributed by atoms with E-state index in [0.29, 0.717) is 18.9 Å². The third kappa shape index (κ3) is 3.55. The number of aromatic nitrogens is 2. The van der Waals surface area contributed by atoms with Gasteiger partial charge in [0.25, 0.3) is 11.6 Å². The first-order chi connectivity index (χ1) is 11.5. The lowest BCUT2D eigenvalue weighted by atomic mass is 10.1. The van der Waals surface area contributed by atoms with Gasteiger partial charge in [0.05, 0.1) is 33.4 Å². The molecule has 8 nitrogen and oxygen atoms in total. The number of hydrogen-bond donors (Lipinski definition) is 1. The molecule has 0 atom stereocenters. The zero-order chi connectivity index (χ0) is 17.1. The number of nitrogens with zero attached hydrogens (tertiary/aromatic N) is 3. The van der Waals surface area contributed by atoms with Crippen molar-refractivity contribution in [2.24, 2.45) is 0 Å². The molecule has 0 saturated carbocycles. The van der Waals surface area contributed by atoms with E-state index in [4.69, 9.17) is 16.3 Å². The number of nitro benzene ring substituents is 1. The second-order valence-corrected chi connectivity index (χ2v) is 5.84. The summed E-state index contributed by atoms with van der Waals surface area (Å²) < 4.78 is 7.11. The zero-order valence-corrected chi connectivity index (χ0v) is 13.4. The van der Waals surface area contributed by atoms with Crippen LogP contribution in [0.5, 0.6) is 0 Å². The predicted molar refractivity (Wildman–Crippen MR) is 87.4 cm³/mol. The van der Waals surface area contributed by atoms with Crippen LogP contribution in [-0.4, -0.2) is 33.8 Å². The van der Waals surface area contributed by atoms with Crippen LogP contribution in [0.4, 0.5) is 11.4 Å². The molecule has 0 radical (unpaired) electrons. The number of carbonyl (C=O) groups excluding carboxylic acids is 1. The topological polar surface area (TPSA) is 99.3 Å². The number of non-ortho nitro benzene ring substituents is 1. The fourth-order valence-electron chi connectivity index (χ4n) is 2.55. The van der Waals surface area contributed by atoms with Crippen LogP contribution in [-0.2, 0) is 4.74 Å². The molecule has 1 aromatic carbocycles. The van der Waals surface area contributed by atoms with Crippen molar-refractivity contribution in [3.63, 3.8) is 0 Å². The molecule has 2 aromatic rings. The molecule has 0 aliphatic carbocycles. The van der Waals surface area contributed by atoms with Crippen molar-refractivity contribution >= 4 is 28.9 Å². The number of carbonyl (C=O) groups is 1. The summed E-state index contributed by atoms with van der Waals surface area (Å²) in [5.74, 6) is -0.518. The van der Waals surface area contributed by atoms with Crippen molar-refractivity contribution < 1.29 is 14.5 Å². The van der Waals surface area contributed by atoms with Gasteiger partial charge in [-0.15, -0.1) is 0 Å². The fraction of sp³-hybridized carbons (Fsp3) is 0.333. The summed E-state index contributed by atoms with van der Waals surface area (Å²) in [5, 5.41) is 17.9. The van der Waals surface area contributed by atoms with Crippen LogP contribution in [0.3, 0.4) is 0 Å². The maximum atomic E-state index is 12.3. The number of rotatable bonds is 4. The molecular weight excluding hydrogens is 336 g/mol. The number of amides is 1. The molecule has 0 unspecified atom stereocenters. The van der Waals surface area contributed by atoms with Crippen LogP contribution in [0.15, 0.2) is 30.6 Å². The highest BCUT2D eigenvalue weighted by atomic mass is 35.5. The van der Waals surface area contributed by atoms with Gasteiger partial charge in [-0.25, -0.2) is 0 Å². The Morgan fingerprint density at radius 2 is 2.17 bits per heavy atom. The molecule has 9 heteroatoms. The van der Waals surface area contributed by atoms with E-state index in [-0.39, 0.29) is 22.3 Å². The number of halogens is 1. The number of hydrogen-bond acceptors (Lipinski definition) is 5. The Bertz CT molecular complexity index is 771. The molecule has 24 heavy (non-hydrogen) atoms. The van der Waals surface area contributed by atoms with E-state index < -0.39 is 10.8 Å². The molecule has 1 fully saturated rings. The lowest BCUT2D eigenvalue weighted by Crippen LogP contribution is -2.19. The van der Waals surface area contributed by atoms with Crippen LogP contribution in [0.2, 0.25) is 5.02 Å². The summed E-state index contributed by atoms with van der Waals surface area (Å²) in [6.07, 6.45) is 5.01. The van der Waals surface area contributed by atoms with Gasteiger partial charge in [-0.3, -0.25) is 19.6 Å². The summed E-state index contributed by atoms with van der Waals surface area (Å²) in [5.41, 5.74) is 0.362. The quantitative estimate of drug-likeness (QED) is 0.674. The number of nitrogens with one attached hydrogen (secondary N) is 1. The highest BCUT2D eigenvalue weighted by Crippen LogP contribution is 2.24. The predicted octanol–water partition coefficient (Wildman–Crippen LogP) is 3.05. The van der Waals surface area contributed by atoms with Crippen molar-refractivity contribution in [1.82, 2.24) is 9.78 Å². The third-order valence-corrected chi connectivity index (χ3v) is 4.16. The monoisotopic (exact) mass is 350 g/mol. The molecule has 1 aromatic heterocycles. The second kappa shape index (κ2) is 6.98. The highest BCUT2D eigenvalue weighted by Gasteiger charge is 2.19. The molecule has 0 spiro atoms. The number of benzene rings is 1. The van der Waals surface area contributed by atoms with E-state index >= 15 is 0 Å². The molecular formula is C15H15ClN4O4. The smallest absolute Gasteiger partial charge is 0.270 e. The summed E-state index contributed by atoms with van der Waals surface area (Å²) in [6.45, 7) is 1.38. The SMILES string of the molecule is O=C(Nc1cnn(C2CCOCC2)c1)c1cc([N+](=O)[O-])ccc1Cl. The van der Waals surface area contributed by atoms with Gasteiger partial charge in [-0.2, -0.15) is 5.10 Å². The average Bonchev–Trinajstić information content (AvgIpc) is 3.04. The average molecular weight is 351 g/mol. The van der Waals surface area contributed by atoms with Gasteiger partial charge >= 0.3 is 0 Å². The molecule has 1 aliphatic rings. The summed E-state index contributed by atoms with van der Waals surface area (Å²) in [4.78, 5) is 22.6. The summed E-state index contributed by atoms with van der Waals surface area (Å²) >= 11 is 5.97. The Labute approximate surface area is 142 Å². The van der Waals surface area contributed by atoms with E-state index in [2.05, 4.69) is 10.4 Å². The summed E-state index contributed by atoms with van der Waals surface area (Å²) in [6, 6.07) is 3.98. The van der Waals surface area contributed by atoms with Crippen LogP contribution in [0.1, 0.15) is 29.2 Å². The van der Waals surface area contributed by atoms with E-state index in [9.17, 15) is 14.9 Å². The van der Waals surface area contributed by atoms with Crippen molar-refractivity contribution in [2.45, 2.75) is 18.9 Å². The lowest BCUT2D eigenvalue weighted by molar-refractivity contribution is -0.384. The minimum Gasteiger partial charge on any atom is -0.381 e. The van der Waals surface area contributed by atoms with Gasteiger partial charge in [-0.05, 0) is 18.9 Å². The van der Waals surface area contributed by atoms with Crippen molar-refractivity contribution in [3.05, 3.63) is 51.3 Å². The van der Waals surface area contributed by atoms with Crippen LogP contribution in [0.25, 0.3) is 0 Å². The standard InChI is InChI=1S/C15H15ClN4O4/c16-14-2-1-12(20(22)23)7-13(14)15(21)18-10-8-17-19(9-10)11-3-5-24-6-4-11/h1-2,7-9,11H,3-6H2,(H,18,21). The van der Waals surface area contributed by atoms with Gasteiger partial charge in [0.2, 0.25) is 0 Å². The summed E-state index contributed by atoms with van der Waals surface area (Å²) in [7, 11) is 0. The maximum Gasteiger partial charge on any atom is 0.270 e. The maximum absolute atomic E-state index is 12.3. The van der Waals surface area contributed by atoms with E-state index in [0.717, 1.165) is 18.9 Å². The lowest BCUT2D eigenvalue weighted by Gasteiger charge is -2.22. The largest absolute Gasteiger partial charge is 0.381 e. The van der Waals surface area contributed by atoms with E-state index in [1.54, 1.807) is 17.1 Å². The molecule has 0 bridgehead atoms. The number of anilines is 1. The first-order valence-electron chi connectivity index (χ1n) is 7.42. The Morgan fingerprint density at radius 1 is 1.42 bits per heavy atom. The second-order valence-electron chi connectivity index (χ2n) is 5.43. The fourth-order valence-corrected chi connectivity index (χ4v) is 2.75. The Balaban J connectivity index is 1.74. The molecule has 1 amide bonds. The van der Waals surface area contributed by atoms with Crippen molar-refractivity contribution in [1.29, 1.82) is 0 Å². The van der Waals surface area contributed by atoms with Gasteiger partial charge in [0, 0.05) is 31.5 Å². The van der Waals surface area contributed by atoms with Gasteiger partial charge in [0.15, 0.2) is 0 Å². The van der Waals surface area contributed by atoms with Crippen LogP contribution in [0, 0.1) is 10.1 Å². The minimum absolute atomic E-state index is 0.0460. The normalized spacial score (nSPS) is 15.2. The Morgan fingerprint density at radius 3 is 2.88 bits per heavy atom. The highest BCUT2D eigenvalue weighted by molar-refractivity contribution is 6.34. The van der Waals surface area contributed by atoms with Gasteiger partial charge in [0.1, 0.15) is 0 Å². The third-order valence-electron chi connectivity index (χ3n) is 3.83. The van der Waals surface area contributed by atoms with Crippen LogP contribution >= 0.6 is 11.6 Å². The van der Waals surface area contributed by atoms with Crippen molar-refractivity contribution in [3.8, 4) is 0 Å². The molecule has 1 saturated heterocycles. The molecule has 1 N–H and O–H groups in total. The van der Waals surface area contributed by atoms with Gasteiger partial charge in [-0.1, -0.05) is 11.6 Å². The molecule has 2 heterocycles. The Kier molecular flexibility index (Phi) is 4.77. The zero-order valence-electron chi connectivity index (χ0n) is 12.6. The van der Waals surface area contributed by atoms with Crippen molar-refractivity contribution in [2.75, 3.05) is 18.5 Å². The first kappa shape index (κ1) is 16.4.